The smallest absolute Gasteiger partial charge is 0.269 e. The summed E-state index contributed by atoms with van der Waals surface area (Å²) in [5.41, 5.74) is 6.33. The Morgan fingerprint density at radius 3 is 2.69 bits per heavy atom. The molecule has 0 saturated carbocycles. The third kappa shape index (κ3) is 5.87. The molecule has 1 heterocycles. The minimum atomic E-state index is -0.439. The molecule has 3 rings (SSSR count). The fourth-order valence-corrected chi connectivity index (χ4v) is 2.95. The Balaban J connectivity index is 1.66. The van der Waals surface area contributed by atoms with E-state index < -0.39 is 4.92 Å². The average Bonchev–Trinajstić information content (AvgIpc) is 2.78. The molecule has 0 spiro atoms. The number of benzene rings is 2. The minimum absolute atomic E-state index is 0.0384. The Kier molecular flexibility index (Phi) is 7.46. The van der Waals surface area contributed by atoms with Crippen molar-refractivity contribution in [3.05, 3.63) is 92.7 Å². The van der Waals surface area contributed by atoms with Crippen molar-refractivity contribution in [2.24, 2.45) is 5.10 Å². The summed E-state index contributed by atoms with van der Waals surface area (Å²) < 4.78 is 10.9. The third-order valence-corrected chi connectivity index (χ3v) is 4.44. The number of hydrazone groups is 1. The molecule has 1 N–H and O–H groups in total. The molecule has 9 nitrogen and oxygen atoms in total. The van der Waals surface area contributed by atoms with Crippen LogP contribution in [0.2, 0.25) is 0 Å². The van der Waals surface area contributed by atoms with Crippen molar-refractivity contribution in [2.45, 2.75) is 20.1 Å². The summed E-state index contributed by atoms with van der Waals surface area (Å²) in [7, 11) is 1.57. The first-order chi connectivity index (χ1) is 15.5. The van der Waals surface area contributed by atoms with Gasteiger partial charge in [0.1, 0.15) is 24.0 Å². The number of nitrogens with one attached hydrogen (secondary N) is 1. The number of aryl methyl sites for hydroxylation is 1. The SMILES string of the molecule is COCc1cc(C)nc(NN=Cc2cccc(OCc3ccc([N+](=O)[O-])cc3)c2)c1C#N. The van der Waals surface area contributed by atoms with E-state index in [1.165, 1.54) is 12.1 Å². The molecule has 0 unspecified atom stereocenters. The molecule has 0 saturated heterocycles. The molecule has 1 aromatic heterocycles. The summed E-state index contributed by atoms with van der Waals surface area (Å²) in [4.78, 5) is 14.6. The Bertz CT molecular complexity index is 1170. The third-order valence-electron chi connectivity index (χ3n) is 4.44. The molecule has 32 heavy (non-hydrogen) atoms. The number of nitriles is 1. The number of nitro groups is 1. The Morgan fingerprint density at radius 2 is 2.00 bits per heavy atom. The summed E-state index contributed by atoms with van der Waals surface area (Å²) in [5, 5.41) is 24.4. The number of rotatable bonds is 9. The van der Waals surface area contributed by atoms with Crippen LogP contribution in [-0.2, 0) is 18.0 Å². The van der Waals surface area contributed by atoms with E-state index in [2.05, 4.69) is 21.6 Å². The van der Waals surface area contributed by atoms with Crippen LogP contribution in [0, 0.1) is 28.4 Å². The van der Waals surface area contributed by atoms with Crippen molar-refractivity contribution in [3.63, 3.8) is 0 Å². The van der Waals surface area contributed by atoms with E-state index in [-0.39, 0.29) is 12.3 Å². The second kappa shape index (κ2) is 10.7. The maximum Gasteiger partial charge on any atom is 0.269 e. The Labute approximate surface area is 185 Å². The number of hydrogen-bond donors (Lipinski definition) is 1. The van der Waals surface area contributed by atoms with Crippen LogP contribution in [0.25, 0.3) is 0 Å². The lowest BCUT2D eigenvalue weighted by atomic mass is 10.1. The van der Waals surface area contributed by atoms with Crippen LogP contribution in [0.15, 0.2) is 59.7 Å². The second-order valence-corrected chi connectivity index (χ2v) is 6.85. The summed E-state index contributed by atoms with van der Waals surface area (Å²) in [5.74, 6) is 0.988. The number of nitro benzene ring substituents is 1. The van der Waals surface area contributed by atoms with E-state index in [4.69, 9.17) is 9.47 Å². The standard InChI is InChI=1S/C23H21N5O4/c1-16-10-19(15-31-2)22(12-24)23(26-16)27-25-13-18-4-3-5-21(11-18)32-14-17-6-8-20(9-7-17)28(29)30/h3-11,13H,14-15H2,1-2H3,(H,26,27). The van der Waals surface area contributed by atoms with Crippen molar-refractivity contribution in [2.75, 3.05) is 12.5 Å². The normalized spacial score (nSPS) is 10.7. The van der Waals surface area contributed by atoms with Gasteiger partial charge in [-0.05, 0) is 48.4 Å². The first-order valence-electron chi connectivity index (χ1n) is 9.65. The van der Waals surface area contributed by atoms with Crippen LogP contribution in [-0.4, -0.2) is 23.2 Å². The molecule has 2 aromatic carbocycles. The van der Waals surface area contributed by atoms with Gasteiger partial charge in [-0.2, -0.15) is 10.4 Å². The summed E-state index contributed by atoms with van der Waals surface area (Å²) in [6, 6.07) is 17.5. The van der Waals surface area contributed by atoms with Crippen molar-refractivity contribution in [1.29, 1.82) is 5.26 Å². The summed E-state index contributed by atoms with van der Waals surface area (Å²) >= 11 is 0. The van der Waals surface area contributed by atoms with Gasteiger partial charge in [-0.25, -0.2) is 4.98 Å². The molecule has 0 atom stereocenters. The van der Waals surface area contributed by atoms with E-state index in [1.54, 1.807) is 25.5 Å². The van der Waals surface area contributed by atoms with Gasteiger partial charge in [0.25, 0.3) is 5.69 Å². The van der Waals surface area contributed by atoms with E-state index >= 15 is 0 Å². The molecule has 9 heteroatoms. The maximum atomic E-state index is 10.7. The maximum absolute atomic E-state index is 10.7. The van der Waals surface area contributed by atoms with Crippen LogP contribution in [0.4, 0.5) is 11.5 Å². The number of ether oxygens (including phenoxy) is 2. The van der Waals surface area contributed by atoms with Crippen molar-refractivity contribution >= 4 is 17.7 Å². The molecule has 3 aromatic rings. The Morgan fingerprint density at radius 1 is 1.22 bits per heavy atom. The minimum Gasteiger partial charge on any atom is -0.489 e. The van der Waals surface area contributed by atoms with Crippen LogP contribution in [0.1, 0.15) is 27.9 Å². The van der Waals surface area contributed by atoms with E-state index in [0.29, 0.717) is 23.7 Å². The van der Waals surface area contributed by atoms with Crippen LogP contribution >= 0.6 is 0 Å². The molecule has 0 fully saturated rings. The lowest BCUT2D eigenvalue weighted by molar-refractivity contribution is -0.384. The number of methoxy groups -OCH3 is 1. The van der Waals surface area contributed by atoms with Crippen LogP contribution < -0.4 is 10.2 Å². The lowest BCUT2D eigenvalue weighted by Gasteiger charge is -2.09. The number of hydrogen-bond acceptors (Lipinski definition) is 8. The molecular weight excluding hydrogens is 410 g/mol. The highest BCUT2D eigenvalue weighted by molar-refractivity contribution is 5.81. The summed E-state index contributed by atoms with van der Waals surface area (Å²) in [6.07, 6.45) is 1.60. The van der Waals surface area contributed by atoms with Gasteiger partial charge in [0.15, 0.2) is 5.82 Å². The zero-order chi connectivity index (χ0) is 22.9. The molecule has 0 aliphatic heterocycles. The van der Waals surface area contributed by atoms with Crippen molar-refractivity contribution < 1.29 is 14.4 Å². The zero-order valence-corrected chi connectivity index (χ0v) is 17.6. The van der Waals surface area contributed by atoms with Gasteiger partial charge in [0.05, 0.1) is 17.7 Å². The quantitative estimate of drug-likeness (QED) is 0.304. The van der Waals surface area contributed by atoms with E-state index in [9.17, 15) is 15.4 Å². The molecule has 0 aliphatic rings. The number of anilines is 1. The largest absolute Gasteiger partial charge is 0.489 e. The highest BCUT2D eigenvalue weighted by Crippen LogP contribution is 2.20. The van der Waals surface area contributed by atoms with Gasteiger partial charge in [-0.15, -0.1) is 0 Å². The highest BCUT2D eigenvalue weighted by atomic mass is 16.6. The van der Waals surface area contributed by atoms with Gasteiger partial charge in [-0.3, -0.25) is 15.5 Å². The Hall–Kier alpha value is -4.29. The highest BCUT2D eigenvalue weighted by Gasteiger charge is 2.11. The van der Waals surface area contributed by atoms with Crippen LogP contribution in [0.3, 0.4) is 0 Å². The molecule has 0 amide bonds. The van der Waals surface area contributed by atoms with Gasteiger partial charge in [0, 0.05) is 30.5 Å². The molecule has 162 valence electrons. The lowest BCUT2D eigenvalue weighted by Crippen LogP contribution is -2.03. The number of nitrogens with zero attached hydrogens (tertiary/aromatic N) is 4. The average molecular weight is 431 g/mol. The molecular formula is C23H21N5O4. The zero-order valence-electron chi connectivity index (χ0n) is 17.6. The van der Waals surface area contributed by atoms with E-state index in [1.807, 2.05) is 37.3 Å². The van der Waals surface area contributed by atoms with E-state index in [0.717, 1.165) is 22.4 Å². The number of aromatic nitrogens is 1. The molecule has 0 aliphatic carbocycles. The first kappa shape index (κ1) is 22.4. The van der Waals surface area contributed by atoms with Crippen LogP contribution in [0.5, 0.6) is 5.75 Å². The second-order valence-electron chi connectivity index (χ2n) is 6.85. The van der Waals surface area contributed by atoms with Crippen molar-refractivity contribution in [3.8, 4) is 11.8 Å². The molecule has 0 bridgehead atoms. The topological polar surface area (TPSA) is 123 Å². The van der Waals surface area contributed by atoms with Gasteiger partial charge >= 0.3 is 0 Å². The monoisotopic (exact) mass is 431 g/mol. The summed E-state index contributed by atoms with van der Waals surface area (Å²) in [6.45, 7) is 2.41. The predicted octanol–water partition coefficient (Wildman–Crippen LogP) is 4.34. The molecule has 0 radical (unpaired) electrons. The predicted molar refractivity (Wildman–Crippen MR) is 119 cm³/mol. The fraction of sp³-hybridized carbons (Fsp3) is 0.174. The fourth-order valence-electron chi connectivity index (χ4n) is 2.95. The number of non-ortho nitro benzene ring substituents is 1. The van der Waals surface area contributed by atoms with Gasteiger partial charge in [0.2, 0.25) is 0 Å². The van der Waals surface area contributed by atoms with Gasteiger partial charge < -0.3 is 9.47 Å². The number of pyridine rings is 1. The van der Waals surface area contributed by atoms with Crippen molar-refractivity contribution in [1.82, 2.24) is 4.98 Å². The van der Waals surface area contributed by atoms with Gasteiger partial charge in [-0.1, -0.05) is 12.1 Å². The first-order valence-corrected chi connectivity index (χ1v) is 9.65.